The molecule has 3 nitrogen and oxygen atoms in total. The molecule has 1 fully saturated rings. The second-order valence-electron chi connectivity index (χ2n) is 6.13. The van der Waals surface area contributed by atoms with Gasteiger partial charge in [0.1, 0.15) is 0 Å². The van der Waals surface area contributed by atoms with Crippen LogP contribution < -0.4 is 5.32 Å². The number of nitrogens with one attached hydrogen (secondary N) is 1. The summed E-state index contributed by atoms with van der Waals surface area (Å²) in [6.07, 6.45) is 8.06. The van der Waals surface area contributed by atoms with Crippen molar-refractivity contribution >= 4 is 17.2 Å². The van der Waals surface area contributed by atoms with Gasteiger partial charge in [-0.15, -0.1) is 11.3 Å². The van der Waals surface area contributed by atoms with Crippen LogP contribution >= 0.6 is 11.3 Å². The maximum atomic E-state index is 12.3. The lowest BCUT2D eigenvalue weighted by molar-refractivity contribution is 0.00529. The second-order valence-corrected chi connectivity index (χ2v) is 7.27. The Kier molecular flexibility index (Phi) is 5.82. The first-order chi connectivity index (χ1) is 10.1. The molecule has 2 N–H and O–H groups in total. The van der Waals surface area contributed by atoms with Gasteiger partial charge in [0, 0.05) is 11.4 Å². The zero-order chi connectivity index (χ0) is 15.3. The highest BCUT2D eigenvalue weighted by molar-refractivity contribution is 7.14. The van der Waals surface area contributed by atoms with Gasteiger partial charge in [0.25, 0.3) is 5.91 Å². The van der Waals surface area contributed by atoms with E-state index in [1.807, 2.05) is 6.07 Å². The lowest BCUT2D eigenvalue weighted by Gasteiger charge is -2.32. The number of rotatable bonds is 6. The van der Waals surface area contributed by atoms with E-state index >= 15 is 0 Å². The second kappa shape index (κ2) is 7.41. The summed E-state index contributed by atoms with van der Waals surface area (Å²) in [6.45, 7) is 4.68. The number of thiophene rings is 1. The minimum atomic E-state index is -0.689. The van der Waals surface area contributed by atoms with Crippen LogP contribution in [0.15, 0.2) is 6.07 Å². The van der Waals surface area contributed by atoms with E-state index in [0.29, 0.717) is 6.54 Å². The predicted molar refractivity (Wildman–Crippen MR) is 88.1 cm³/mol. The van der Waals surface area contributed by atoms with Crippen molar-refractivity contribution in [2.45, 2.75) is 70.8 Å². The standard InChI is InChI=1S/C17H27NO2S/c1-3-8-14-13(4-2)11-15(21-14)16(19)18-12-17(20)9-6-5-7-10-17/h11,20H,3-10,12H2,1-2H3,(H,18,19). The summed E-state index contributed by atoms with van der Waals surface area (Å²) < 4.78 is 0. The van der Waals surface area contributed by atoms with E-state index in [4.69, 9.17) is 0 Å². The minimum Gasteiger partial charge on any atom is -0.388 e. The van der Waals surface area contributed by atoms with Crippen LogP contribution in [0.25, 0.3) is 0 Å². The average Bonchev–Trinajstić information content (AvgIpc) is 2.89. The van der Waals surface area contributed by atoms with Gasteiger partial charge in [0.15, 0.2) is 0 Å². The van der Waals surface area contributed by atoms with Gasteiger partial charge in [-0.05, 0) is 37.3 Å². The minimum absolute atomic E-state index is 0.0314. The molecule has 0 radical (unpaired) electrons. The summed E-state index contributed by atoms with van der Waals surface area (Å²) in [7, 11) is 0. The Morgan fingerprint density at radius 1 is 1.33 bits per heavy atom. The van der Waals surface area contributed by atoms with Crippen molar-refractivity contribution in [3.05, 3.63) is 21.4 Å². The van der Waals surface area contributed by atoms with Gasteiger partial charge in [-0.3, -0.25) is 4.79 Å². The number of aliphatic hydroxyl groups is 1. The molecule has 1 saturated carbocycles. The molecule has 1 aliphatic rings. The predicted octanol–water partition coefficient (Wildman–Crippen LogP) is 3.69. The topological polar surface area (TPSA) is 49.3 Å². The monoisotopic (exact) mass is 309 g/mol. The fourth-order valence-electron chi connectivity index (χ4n) is 3.03. The van der Waals surface area contributed by atoms with Crippen LogP contribution in [0.2, 0.25) is 0 Å². The Morgan fingerprint density at radius 3 is 2.67 bits per heavy atom. The van der Waals surface area contributed by atoms with Crippen LogP contribution in [0, 0.1) is 0 Å². The van der Waals surface area contributed by atoms with E-state index in [1.165, 1.54) is 16.9 Å². The molecule has 0 spiro atoms. The third-order valence-corrected chi connectivity index (χ3v) is 5.58. The van der Waals surface area contributed by atoms with Crippen molar-refractivity contribution in [3.8, 4) is 0 Å². The summed E-state index contributed by atoms with van der Waals surface area (Å²) in [6, 6.07) is 2.02. The van der Waals surface area contributed by atoms with Crippen LogP contribution in [0.3, 0.4) is 0 Å². The maximum absolute atomic E-state index is 12.3. The summed E-state index contributed by atoms with van der Waals surface area (Å²) in [5.74, 6) is -0.0314. The van der Waals surface area contributed by atoms with Gasteiger partial charge >= 0.3 is 0 Å². The van der Waals surface area contributed by atoms with Gasteiger partial charge in [-0.1, -0.05) is 39.5 Å². The highest BCUT2D eigenvalue weighted by Crippen LogP contribution is 2.28. The Bertz CT molecular complexity index is 475. The number of hydrogen-bond donors (Lipinski definition) is 2. The van der Waals surface area contributed by atoms with Gasteiger partial charge in [-0.2, -0.15) is 0 Å². The smallest absolute Gasteiger partial charge is 0.261 e. The van der Waals surface area contributed by atoms with E-state index in [-0.39, 0.29) is 5.91 Å². The van der Waals surface area contributed by atoms with Crippen molar-refractivity contribution in [3.63, 3.8) is 0 Å². The molecule has 2 rings (SSSR count). The molecule has 21 heavy (non-hydrogen) atoms. The van der Waals surface area contributed by atoms with Crippen molar-refractivity contribution in [2.24, 2.45) is 0 Å². The number of carbonyl (C=O) groups excluding carboxylic acids is 1. The SMILES string of the molecule is CCCc1sc(C(=O)NCC2(O)CCCCC2)cc1CC. The normalized spacial score (nSPS) is 17.7. The Hall–Kier alpha value is -0.870. The first-order valence-corrected chi connectivity index (χ1v) is 9.02. The molecule has 0 saturated heterocycles. The van der Waals surface area contributed by atoms with Gasteiger partial charge in [0.05, 0.1) is 10.5 Å². The maximum Gasteiger partial charge on any atom is 0.261 e. The van der Waals surface area contributed by atoms with Crippen LogP contribution in [-0.2, 0) is 12.8 Å². The zero-order valence-electron chi connectivity index (χ0n) is 13.2. The highest BCUT2D eigenvalue weighted by atomic mass is 32.1. The average molecular weight is 309 g/mol. The lowest BCUT2D eigenvalue weighted by Crippen LogP contribution is -2.44. The molecule has 1 aromatic heterocycles. The van der Waals surface area contributed by atoms with E-state index in [2.05, 4.69) is 19.2 Å². The highest BCUT2D eigenvalue weighted by Gasteiger charge is 2.29. The van der Waals surface area contributed by atoms with E-state index in [0.717, 1.165) is 49.8 Å². The van der Waals surface area contributed by atoms with E-state index in [9.17, 15) is 9.90 Å². The van der Waals surface area contributed by atoms with Crippen LogP contribution in [0.1, 0.15) is 72.5 Å². The Morgan fingerprint density at radius 2 is 2.05 bits per heavy atom. The molecule has 1 aliphatic carbocycles. The Labute approximate surface area is 131 Å². The molecule has 0 unspecified atom stereocenters. The van der Waals surface area contributed by atoms with Crippen molar-refractivity contribution in [1.82, 2.24) is 5.32 Å². The quantitative estimate of drug-likeness (QED) is 0.842. The molecular formula is C17H27NO2S. The molecule has 4 heteroatoms. The first-order valence-electron chi connectivity index (χ1n) is 8.20. The molecule has 1 aromatic rings. The molecule has 0 atom stereocenters. The largest absolute Gasteiger partial charge is 0.388 e. The lowest BCUT2D eigenvalue weighted by atomic mass is 9.85. The van der Waals surface area contributed by atoms with Gasteiger partial charge in [0.2, 0.25) is 0 Å². The molecule has 118 valence electrons. The summed E-state index contributed by atoms with van der Waals surface area (Å²) in [5, 5.41) is 13.4. The zero-order valence-corrected chi connectivity index (χ0v) is 14.0. The number of hydrogen-bond acceptors (Lipinski definition) is 3. The fourth-order valence-corrected chi connectivity index (χ4v) is 4.31. The molecule has 0 bridgehead atoms. The van der Waals surface area contributed by atoms with Crippen LogP contribution in [-0.4, -0.2) is 23.2 Å². The first kappa shape index (κ1) is 16.5. The van der Waals surface area contributed by atoms with Crippen LogP contribution in [0.5, 0.6) is 0 Å². The number of aryl methyl sites for hydroxylation is 2. The fraction of sp³-hybridized carbons (Fsp3) is 0.706. The van der Waals surface area contributed by atoms with Gasteiger partial charge < -0.3 is 10.4 Å². The van der Waals surface area contributed by atoms with Gasteiger partial charge in [-0.25, -0.2) is 0 Å². The number of carbonyl (C=O) groups is 1. The third-order valence-electron chi connectivity index (χ3n) is 4.34. The summed E-state index contributed by atoms with van der Waals surface area (Å²) >= 11 is 1.61. The molecule has 1 heterocycles. The van der Waals surface area contributed by atoms with Crippen molar-refractivity contribution < 1.29 is 9.90 Å². The number of amides is 1. The molecular weight excluding hydrogens is 282 g/mol. The molecule has 0 aliphatic heterocycles. The third kappa shape index (κ3) is 4.30. The van der Waals surface area contributed by atoms with E-state index < -0.39 is 5.60 Å². The molecule has 0 aromatic carbocycles. The Balaban J connectivity index is 1.96. The summed E-state index contributed by atoms with van der Waals surface area (Å²) in [5.41, 5.74) is 0.605. The van der Waals surface area contributed by atoms with E-state index in [1.54, 1.807) is 11.3 Å². The van der Waals surface area contributed by atoms with Crippen LogP contribution in [0.4, 0.5) is 0 Å². The molecule has 1 amide bonds. The van der Waals surface area contributed by atoms with Crippen molar-refractivity contribution in [1.29, 1.82) is 0 Å². The van der Waals surface area contributed by atoms with Crippen molar-refractivity contribution in [2.75, 3.05) is 6.54 Å². The summed E-state index contributed by atoms with van der Waals surface area (Å²) in [4.78, 5) is 14.4.